The molecule has 0 unspecified atom stereocenters. The quantitative estimate of drug-likeness (QED) is 0.684. The van der Waals surface area contributed by atoms with Crippen molar-refractivity contribution in [2.24, 2.45) is 0 Å². The van der Waals surface area contributed by atoms with Crippen molar-refractivity contribution in [1.29, 1.82) is 0 Å². The molecule has 1 aliphatic heterocycles. The van der Waals surface area contributed by atoms with E-state index >= 15 is 0 Å². The number of carboxylic acids is 1. The Kier molecular flexibility index (Phi) is 5.47. The molecule has 1 saturated heterocycles. The molecule has 0 atom stereocenters. The molecule has 1 fully saturated rings. The molecule has 4 nitrogen and oxygen atoms in total. The third-order valence-electron chi connectivity index (χ3n) is 3.31. The molecular formula is C15H20NO3S+. The SMILES string of the molecule is COc1ccc(C(SCC(=O)O)=[N+]2CCCCC2)cc1. The highest BCUT2D eigenvalue weighted by atomic mass is 32.2. The zero-order valence-electron chi connectivity index (χ0n) is 11.7. The Balaban J connectivity index is 2.26. The first-order chi connectivity index (χ1) is 9.70. The number of aliphatic carboxylic acids is 1. The first-order valence-electron chi connectivity index (χ1n) is 6.81. The first kappa shape index (κ1) is 14.9. The summed E-state index contributed by atoms with van der Waals surface area (Å²) in [5.41, 5.74) is 1.07. The summed E-state index contributed by atoms with van der Waals surface area (Å²) in [6.07, 6.45) is 3.61. The van der Waals surface area contributed by atoms with Gasteiger partial charge in [-0.2, -0.15) is 0 Å². The van der Waals surface area contributed by atoms with Gasteiger partial charge in [-0.3, -0.25) is 4.79 Å². The van der Waals surface area contributed by atoms with Crippen LogP contribution in [0.15, 0.2) is 24.3 Å². The predicted octanol–water partition coefficient (Wildman–Crippen LogP) is 2.46. The Morgan fingerprint density at radius 1 is 1.25 bits per heavy atom. The molecule has 0 amide bonds. The second-order valence-electron chi connectivity index (χ2n) is 4.76. The highest BCUT2D eigenvalue weighted by Crippen LogP contribution is 2.19. The van der Waals surface area contributed by atoms with Crippen molar-refractivity contribution in [1.82, 2.24) is 0 Å². The number of thioether (sulfide) groups is 1. The maximum atomic E-state index is 10.8. The van der Waals surface area contributed by atoms with Gasteiger partial charge in [0.25, 0.3) is 0 Å². The standard InChI is InChI=1S/C15H19NO3S/c1-19-13-7-5-12(6-8-13)15(20-11-14(17)18)16-9-3-2-4-10-16/h5-8H,2-4,9-11H2,1H3/p+1. The summed E-state index contributed by atoms with van der Waals surface area (Å²) in [5, 5.41) is 9.98. The summed E-state index contributed by atoms with van der Waals surface area (Å²) >= 11 is 1.40. The van der Waals surface area contributed by atoms with Crippen molar-refractivity contribution in [2.75, 3.05) is 26.0 Å². The van der Waals surface area contributed by atoms with Crippen LogP contribution in [0.3, 0.4) is 0 Å². The molecule has 0 aliphatic carbocycles. The summed E-state index contributed by atoms with van der Waals surface area (Å²) in [6, 6.07) is 7.83. The van der Waals surface area contributed by atoms with Crippen LogP contribution in [-0.4, -0.2) is 46.6 Å². The highest BCUT2D eigenvalue weighted by Gasteiger charge is 2.21. The van der Waals surface area contributed by atoms with Crippen LogP contribution in [0.2, 0.25) is 0 Å². The van der Waals surface area contributed by atoms with Gasteiger partial charge in [-0.25, -0.2) is 4.58 Å². The van der Waals surface area contributed by atoms with Crippen LogP contribution in [0, 0.1) is 0 Å². The van der Waals surface area contributed by atoms with Gasteiger partial charge in [-0.05, 0) is 42.4 Å². The Bertz CT molecular complexity index is 488. The molecule has 0 spiro atoms. The topological polar surface area (TPSA) is 49.5 Å². The predicted molar refractivity (Wildman–Crippen MR) is 81.0 cm³/mol. The molecule has 0 radical (unpaired) electrons. The third-order valence-corrected chi connectivity index (χ3v) is 4.47. The molecule has 1 aromatic carbocycles. The van der Waals surface area contributed by atoms with Gasteiger partial charge in [0.2, 0.25) is 5.04 Å². The van der Waals surface area contributed by atoms with Crippen LogP contribution in [0.4, 0.5) is 0 Å². The Hall–Kier alpha value is -1.49. The molecule has 1 aliphatic rings. The maximum absolute atomic E-state index is 10.8. The minimum Gasteiger partial charge on any atom is -0.497 e. The Morgan fingerprint density at radius 3 is 2.45 bits per heavy atom. The average Bonchev–Trinajstić information content (AvgIpc) is 2.49. The minimum absolute atomic E-state index is 0.0951. The molecule has 0 saturated carbocycles. The fourth-order valence-electron chi connectivity index (χ4n) is 2.32. The van der Waals surface area contributed by atoms with E-state index in [1.165, 1.54) is 31.0 Å². The number of methoxy groups -OCH3 is 1. The van der Waals surface area contributed by atoms with E-state index in [4.69, 9.17) is 9.84 Å². The lowest BCUT2D eigenvalue weighted by Crippen LogP contribution is -2.27. The largest absolute Gasteiger partial charge is 0.497 e. The molecule has 1 heterocycles. The second kappa shape index (κ2) is 7.33. The fourth-order valence-corrected chi connectivity index (χ4v) is 3.25. The number of carboxylic acid groups (broad SMARTS) is 1. The number of piperidine rings is 1. The number of hydrogen-bond donors (Lipinski definition) is 1. The van der Waals surface area contributed by atoms with Crippen molar-refractivity contribution >= 4 is 22.8 Å². The second-order valence-corrected chi connectivity index (χ2v) is 5.73. The number of hydrogen-bond acceptors (Lipinski definition) is 3. The van der Waals surface area contributed by atoms with Crippen molar-refractivity contribution in [3.05, 3.63) is 29.8 Å². The van der Waals surface area contributed by atoms with E-state index in [0.29, 0.717) is 0 Å². The molecule has 20 heavy (non-hydrogen) atoms. The molecule has 108 valence electrons. The van der Waals surface area contributed by atoms with Crippen molar-refractivity contribution in [2.45, 2.75) is 19.3 Å². The molecule has 5 heteroatoms. The lowest BCUT2D eigenvalue weighted by molar-refractivity contribution is -0.534. The van der Waals surface area contributed by atoms with Gasteiger partial charge in [0.15, 0.2) is 0 Å². The van der Waals surface area contributed by atoms with E-state index < -0.39 is 5.97 Å². The van der Waals surface area contributed by atoms with Crippen LogP contribution in [-0.2, 0) is 4.79 Å². The van der Waals surface area contributed by atoms with Gasteiger partial charge >= 0.3 is 5.97 Å². The summed E-state index contributed by atoms with van der Waals surface area (Å²) in [4.78, 5) is 10.8. The minimum atomic E-state index is -0.780. The van der Waals surface area contributed by atoms with Crippen molar-refractivity contribution in [3.63, 3.8) is 0 Å². The van der Waals surface area contributed by atoms with Crippen molar-refractivity contribution in [3.8, 4) is 5.75 Å². The summed E-state index contributed by atoms with van der Waals surface area (Å²) in [5.74, 6) is 0.130. The zero-order valence-corrected chi connectivity index (χ0v) is 12.5. The zero-order chi connectivity index (χ0) is 14.4. The lowest BCUT2D eigenvalue weighted by atomic mass is 10.1. The smallest absolute Gasteiger partial charge is 0.314 e. The third kappa shape index (κ3) is 4.00. The summed E-state index contributed by atoms with van der Waals surface area (Å²) in [7, 11) is 1.64. The van der Waals surface area contributed by atoms with E-state index in [2.05, 4.69) is 4.58 Å². The Morgan fingerprint density at radius 2 is 1.90 bits per heavy atom. The molecule has 1 aromatic rings. The molecule has 0 bridgehead atoms. The number of nitrogens with zero attached hydrogens (tertiary/aromatic N) is 1. The number of ether oxygens (including phenoxy) is 1. The summed E-state index contributed by atoms with van der Waals surface area (Å²) < 4.78 is 7.47. The monoisotopic (exact) mass is 294 g/mol. The maximum Gasteiger partial charge on any atom is 0.314 e. The number of benzene rings is 1. The van der Waals surface area contributed by atoms with Crippen LogP contribution >= 0.6 is 11.8 Å². The Labute approximate surface area is 123 Å². The van der Waals surface area contributed by atoms with Gasteiger partial charge in [-0.15, -0.1) is 0 Å². The number of rotatable bonds is 4. The van der Waals surface area contributed by atoms with Crippen LogP contribution < -0.4 is 4.74 Å². The van der Waals surface area contributed by atoms with E-state index in [1.807, 2.05) is 24.3 Å². The summed E-state index contributed by atoms with van der Waals surface area (Å²) in [6.45, 7) is 2.02. The van der Waals surface area contributed by atoms with Gasteiger partial charge in [0, 0.05) is 12.8 Å². The molecule has 1 N–H and O–H groups in total. The normalized spacial score (nSPS) is 14.9. The van der Waals surface area contributed by atoms with E-state index in [-0.39, 0.29) is 5.75 Å². The van der Waals surface area contributed by atoms with Crippen LogP contribution in [0.25, 0.3) is 0 Å². The van der Waals surface area contributed by atoms with Gasteiger partial charge in [0.05, 0.1) is 12.7 Å². The lowest BCUT2D eigenvalue weighted by Gasteiger charge is -2.14. The molecule has 0 aromatic heterocycles. The molecular weight excluding hydrogens is 274 g/mol. The van der Waals surface area contributed by atoms with E-state index in [1.54, 1.807) is 7.11 Å². The van der Waals surface area contributed by atoms with Crippen LogP contribution in [0.1, 0.15) is 24.8 Å². The first-order valence-corrected chi connectivity index (χ1v) is 7.80. The van der Waals surface area contributed by atoms with Crippen LogP contribution in [0.5, 0.6) is 5.75 Å². The van der Waals surface area contributed by atoms with E-state index in [9.17, 15) is 4.79 Å². The number of carbonyl (C=O) groups is 1. The average molecular weight is 294 g/mol. The van der Waals surface area contributed by atoms with E-state index in [0.717, 1.165) is 29.4 Å². The van der Waals surface area contributed by atoms with Gasteiger partial charge < -0.3 is 9.84 Å². The van der Waals surface area contributed by atoms with Crippen molar-refractivity contribution < 1.29 is 19.2 Å². The molecule has 2 rings (SSSR count). The van der Waals surface area contributed by atoms with Gasteiger partial charge in [-0.1, -0.05) is 0 Å². The highest BCUT2D eigenvalue weighted by molar-refractivity contribution is 8.14. The van der Waals surface area contributed by atoms with Gasteiger partial charge in [0.1, 0.15) is 24.6 Å². The fraction of sp³-hybridized carbons (Fsp3) is 0.467.